The average Bonchev–Trinajstić information content (AvgIpc) is 3.03. The van der Waals surface area contributed by atoms with Crippen LogP contribution in [0.3, 0.4) is 0 Å². The van der Waals surface area contributed by atoms with E-state index in [9.17, 15) is 14.4 Å². The molecular formula is C34H34O8. The van der Waals surface area contributed by atoms with Crippen LogP contribution in [0.25, 0.3) is 17.2 Å². The molecule has 0 fully saturated rings. The molecule has 8 nitrogen and oxygen atoms in total. The van der Waals surface area contributed by atoms with Crippen molar-refractivity contribution >= 4 is 23.8 Å². The molecule has 0 aliphatic rings. The minimum atomic E-state index is -0.580. The third-order valence-electron chi connectivity index (χ3n) is 5.95. The van der Waals surface area contributed by atoms with E-state index >= 15 is 0 Å². The van der Waals surface area contributed by atoms with E-state index in [4.69, 9.17) is 24.1 Å². The van der Waals surface area contributed by atoms with Gasteiger partial charge >= 0.3 is 11.9 Å². The summed E-state index contributed by atoms with van der Waals surface area (Å²) in [4.78, 5) is 35.0. The SMILES string of the molecule is C=CC(=O)OCCOc1ccc(C(=O)/C=C/c2ccc(-c3ccc(OCCCCOC(=O)C(=C)CO)cc3)cc2)cc1. The molecule has 0 aliphatic carbocycles. The summed E-state index contributed by atoms with van der Waals surface area (Å²) in [5, 5.41) is 8.85. The van der Waals surface area contributed by atoms with Crippen molar-refractivity contribution in [1.29, 1.82) is 0 Å². The number of unbranched alkanes of at least 4 members (excludes halogenated alkanes) is 1. The van der Waals surface area contributed by atoms with E-state index in [0.717, 1.165) is 28.5 Å². The standard InChI is InChI=1S/C34H34O8/c1-3-33(37)41-23-22-40-31-17-13-29(14-18-31)32(36)19-8-26-6-9-27(10-7-26)28-11-15-30(16-12-28)39-20-4-5-21-42-34(38)25(2)24-35/h3,6-19,35H,1-2,4-5,20-24H2/b19-8+. The van der Waals surface area contributed by atoms with E-state index in [2.05, 4.69) is 13.2 Å². The van der Waals surface area contributed by atoms with Crippen molar-refractivity contribution in [2.24, 2.45) is 0 Å². The molecule has 0 heterocycles. The Morgan fingerprint density at radius 2 is 1.29 bits per heavy atom. The third kappa shape index (κ3) is 10.6. The van der Waals surface area contributed by atoms with Gasteiger partial charge in [-0.15, -0.1) is 0 Å². The molecule has 0 unspecified atom stereocenters. The highest BCUT2D eigenvalue weighted by Crippen LogP contribution is 2.23. The number of hydrogen-bond donors (Lipinski definition) is 1. The van der Waals surface area contributed by atoms with Gasteiger partial charge in [-0.05, 0) is 72.0 Å². The average molecular weight is 571 g/mol. The Morgan fingerprint density at radius 1 is 0.714 bits per heavy atom. The topological polar surface area (TPSA) is 108 Å². The molecule has 0 saturated heterocycles. The Bertz CT molecular complexity index is 1370. The highest BCUT2D eigenvalue weighted by atomic mass is 16.6. The fraction of sp³-hybridized carbons (Fsp3) is 0.206. The van der Waals surface area contributed by atoms with E-state index in [0.29, 0.717) is 30.8 Å². The second-order valence-corrected chi connectivity index (χ2v) is 9.04. The molecule has 0 aliphatic heterocycles. The maximum absolute atomic E-state index is 12.6. The zero-order valence-electron chi connectivity index (χ0n) is 23.3. The lowest BCUT2D eigenvalue weighted by Crippen LogP contribution is -2.11. The van der Waals surface area contributed by atoms with Gasteiger partial charge in [0, 0.05) is 11.6 Å². The van der Waals surface area contributed by atoms with Crippen molar-refractivity contribution in [2.45, 2.75) is 12.8 Å². The number of ether oxygens (including phenoxy) is 4. The summed E-state index contributed by atoms with van der Waals surface area (Å²) < 4.78 is 21.1. The summed E-state index contributed by atoms with van der Waals surface area (Å²) in [6.07, 6.45) is 5.75. The summed E-state index contributed by atoms with van der Waals surface area (Å²) in [7, 11) is 0. The van der Waals surface area contributed by atoms with Gasteiger partial charge in [0.2, 0.25) is 0 Å². The lowest BCUT2D eigenvalue weighted by molar-refractivity contribution is -0.140. The molecule has 0 amide bonds. The highest BCUT2D eigenvalue weighted by molar-refractivity contribution is 6.06. The smallest absolute Gasteiger partial charge is 0.335 e. The number of esters is 2. The van der Waals surface area contributed by atoms with Crippen LogP contribution in [-0.4, -0.2) is 55.9 Å². The van der Waals surface area contributed by atoms with Crippen LogP contribution in [0.15, 0.2) is 104 Å². The fourth-order valence-corrected chi connectivity index (χ4v) is 3.60. The molecule has 0 radical (unpaired) electrons. The van der Waals surface area contributed by atoms with Gasteiger partial charge in [-0.1, -0.05) is 55.6 Å². The summed E-state index contributed by atoms with van der Waals surface area (Å²) in [6.45, 7) is 7.40. The van der Waals surface area contributed by atoms with Crippen molar-refractivity contribution < 1.29 is 38.4 Å². The number of carbonyl (C=O) groups excluding carboxylic acids is 3. The number of ketones is 1. The Morgan fingerprint density at radius 3 is 1.90 bits per heavy atom. The van der Waals surface area contributed by atoms with E-state index < -0.39 is 18.5 Å². The van der Waals surface area contributed by atoms with E-state index in [-0.39, 0.29) is 31.2 Å². The maximum Gasteiger partial charge on any atom is 0.335 e. The summed E-state index contributed by atoms with van der Waals surface area (Å²) >= 11 is 0. The maximum atomic E-state index is 12.6. The van der Waals surface area contributed by atoms with Gasteiger partial charge in [-0.2, -0.15) is 0 Å². The van der Waals surface area contributed by atoms with Gasteiger partial charge < -0.3 is 24.1 Å². The number of hydrogen-bond acceptors (Lipinski definition) is 8. The van der Waals surface area contributed by atoms with Gasteiger partial charge in [0.05, 0.1) is 25.4 Å². The third-order valence-corrected chi connectivity index (χ3v) is 5.95. The minimum Gasteiger partial charge on any atom is -0.494 e. The van der Waals surface area contributed by atoms with Crippen molar-refractivity contribution in [2.75, 3.05) is 33.0 Å². The number of carbonyl (C=O) groups is 3. The quantitative estimate of drug-likeness (QED) is 0.0966. The first-order valence-electron chi connectivity index (χ1n) is 13.4. The van der Waals surface area contributed by atoms with E-state index in [1.54, 1.807) is 30.3 Å². The van der Waals surface area contributed by atoms with E-state index in [1.807, 2.05) is 48.5 Å². The predicted octanol–water partition coefficient (Wildman–Crippen LogP) is 5.61. The largest absolute Gasteiger partial charge is 0.494 e. The molecule has 3 rings (SSSR count). The molecule has 3 aromatic carbocycles. The zero-order chi connectivity index (χ0) is 30.2. The molecule has 218 valence electrons. The molecule has 1 N–H and O–H groups in total. The molecule has 0 atom stereocenters. The Labute approximate surface area is 245 Å². The van der Waals surface area contributed by atoms with Crippen LogP contribution in [0.2, 0.25) is 0 Å². The van der Waals surface area contributed by atoms with Crippen LogP contribution < -0.4 is 9.47 Å². The molecule has 0 saturated carbocycles. The fourth-order valence-electron chi connectivity index (χ4n) is 3.60. The van der Waals surface area contributed by atoms with Crippen molar-refractivity contribution in [1.82, 2.24) is 0 Å². The van der Waals surface area contributed by atoms with Crippen LogP contribution in [0.5, 0.6) is 11.5 Å². The number of rotatable bonds is 17. The summed E-state index contributed by atoms with van der Waals surface area (Å²) in [6, 6.07) is 22.4. The number of aliphatic hydroxyl groups is 1. The van der Waals surface area contributed by atoms with Crippen LogP contribution in [-0.2, 0) is 19.1 Å². The normalized spacial score (nSPS) is 10.6. The minimum absolute atomic E-state index is 0.0433. The molecule has 3 aromatic rings. The van der Waals surface area contributed by atoms with Gasteiger partial charge in [-0.3, -0.25) is 4.79 Å². The second kappa shape index (κ2) is 17.0. The van der Waals surface area contributed by atoms with Gasteiger partial charge in [-0.25, -0.2) is 9.59 Å². The van der Waals surface area contributed by atoms with Gasteiger partial charge in [0.1, 0.15) is 24.7 Å². The summed E-state index contributed by atoms with van der Waals surface area (Å²) in [5.41, 5.74) is 3.54. The van der Waals surface area contributed by atoms with Gasteiger partial charge in [0.25, 0.3) is 0 Å². The highest BCUT2D eigenvalue weighted by Gasteiger charge is 2.07. The molecule has 0 aromatic heterocycles. The molecule has 42 heavy (non-hydrogen) atoms. The van der Waals surface area contributed by atoms with Crippen LogP contribution in [0, 0.1) is 0 Å². The lowest BCUT2D eigenvalue weighted by atomic mass is 10.0. The number of allylic oxidation sites excluding steroid dienone is 1. The monoisotopic (exact) mass is 570 g/mol. The zero-order valence-corrected chi connectivity index (χ0v) is 23.3. The molecule has 8 heteroatoms. The summed E-state index contributed by atoms with van der Waals surface area (Å²) in [5.74, 6) is 0.106. The predicted molar refractivity (Wildman–Crippen MR) is 160 cm³/mol. The number of aliphatic hydroxyl groups excluding tert-OH is 1. The Hall–Kier alpha value is -4.95. The first-order valence-corrected chi connectivity index (χ1v) is 13.4. The van der Waals surface area contributed by atoms with E-state index in [1.165, 1.54) is 6.08 Å². The van der Waals surface area contributed by atoms with Crippen LogP contribution >= 0.6 is 0 Å². The van der Waals surface area contributed by atoms with Crippen LogP contribution in [0.1, 0.15) is 28.8 Å². The first-order chi connectivity index (χ1) is 20.4. The molecule has 0 bridgehead atoms. The first kappa shape index (κ1) is 31.6. The number of benzene rings is 3. The van der Waals surface area contributed by atoms with Crippen molar-refractivity contribution in [3.63, 3.8) is 0 Å². The Kier molecular flexibility index (Phi) is 12.8. The molecule has 0 spiro atoms. The van der Waals surface area contributed by atoms with Crippen molar-refractivity contribution in [3.8, 4) is 22.6 Å². The van der Waals surface area contributed by atoms with Gasteiger partial charge in [0.15, 0.2) is 5.78 Å². The Balaban J connectivity index is 1.41. The second-order valence-electron chi connectivity index (χ2n) is 9.04. The van der Waals surface area contributed by atoms with Crippen molar-refractivity contribution in [3.05, 3.63) is 115 Å². The lowest BCUT2D eigenvalue weighted by Gasteiger charge is -2.08. The molecular weight excluding hydrogens is 536 g/mol. The van der Waals surface area contributed by atoms with Crippen LogP contribution in [0.4, 0.5) is 0 Å².